The molecule has 184 valence electrons. The van der Waals surface area contributed by atoms with E-state index in [0.717, 1.165) is 47.6 Å². The van der Waals surface area contributed by atoms with Crippen LogP contribution in [-0.4, -0.2) is 43.8 Å². The first kappa shape index (κ1) is 24.1. The predicted molar refractivity (Wildman–Crippen MR) is 142 cm³/mol. The highest BCUT2D eigenvalue weighted by atomic mass is 19.1. The maximum absolute atomic E-state index is 14.7. The second-order valence-electron chi connectivity index (χ2n) is 9.13. The average molecular weight is 483 g/mol. The van der Waals surface area contributed by atoms with E-state index in [4.69, 9.17) is 14.7 Å². The van der Waals surface area contributed by atoms with Crippen LogP contribution in [0.5, 0.6) is 0 Å². The lowest BCUT2D eigenvalue weighted by molar-refractivity contribution is 0.199. The van der Waals surface area contributed by atoms with Crippen LogP contribution < -0.4 is 10.2 Å². The van der Waals surface area contributed by atoms with Crippen molar-refractivity contribution in [2.45, 2.75) is 18.8 Å². The van der Waals surface area contributed by atoms with Crippen LogP contribution in [0.4, 0.5) is 16.0 Å². The van der Waals surface area contributed by atoms with E-state index in [1.165, 1.54) is 11.6 Å². The van der Waals surface area contributed by atoms with E-state index in [-0.39, 0.29) is 11.7 Å². The fourth-order valence-corrected chi connectivity index (χ4v) is 4.89. The van der Waals surface area contributed by atoms with Crippen molar-refractivity contribution in [2.75, 3.05) is 38.8 Å². The fourth-order valence-electron chi connectivity index (χ4n) is 4.89. The fraction of sp³-hybridized carbons (Fsp3) is 0.267. The molecular formula is C30H31FN4O. The van der Waals surface area contributed by atoms with Gasteiger partial charge in [-0.25, -0.2) is 14.4 Å². The van der Waals surface area contributed by atoms with Gasteiger partial charge >= 0.3 is 0 Å². The number of fused-ring (bicyclic) bond motifs is 3. The molecule has 5 nitrogen and oxygen atoms in total. The highest BCUT2D eigenvalue weighted by Gasteiger charge is 2.29. The van der Waals surface area contributed by atoms with Crippen LogP contribution in [0.1, 0.15) is 28.2 Å². The van der Waals surface area contributed by atoms with Gasteiger partial charge in [0.1, 0.15) is 5.82 Å². The summed E-state index contributed by atoms with van der Waals surface area (Å²) in [5, 5.41) is 3.39. The predicted octanol–water partition coefficient (Wildman–Crippen LogP) is 5.52. The van der Waals surface area contributed by atoms with Gasteiger partial charge in [0.25, 0.3) is 0 Å². The molecule has 36 heavy (non-hydrogen) atoms. The normalized spacial score (nSPS) is 14.2. The molecule has 6 heteroatoms. The summed E-state index contributed by atoms with van der Waals surface area (Å²) in [6.07, 6.45) is 3.51. The van der Waals surface area contributed by atoms with E-state index in [9.17, 15) is 4.39 Å². The Labute approximate surface area is 212 Å². The van der Waals surface area contributed by atoms with E-state index in [2.05, 4.69) is 41.7 Å². The van der Waals surface area contributed by atoms with Gasteiger partial charge in [0, 0.05) is 44.1 Å². The topological polar surface area (TPSA) is 50.3 Å². The molecular weight excluding hydrogens is 451 g/mol. The van der Waals surface area contributed by atoms with E-state index >= 15 is 0 Å². The van der Waals surface area contributed by atoms with E-state index in [1.54, 1.807) is 13.2 Å². The molecule has 1 aromatic heterocycles. The third kappa shape index (κ3) is 5.01. The van der Waals surface area contributed by atoms with Crippen molar-refractivity contribution in [1.82, 2.24) is 15.3 Å². The largest absolute Gasteiger partial charge is 0.383 e. The van der Waals surface area contributed by atoms with Crippen molar-refractivity contribution in [2.24, 2.45) is 0 Å². The second kappa shape index (κ2) is 11.0. The number of hydrogen-bond acceptors (Lipinski definition) is 5. The van der Waals surface area contributed by atoms with Crippen LogP contribution in [0, 0.1) is 5.82 Å². The number of ether oxygens (including phenoxy) is 1. The molecule has 0 saturated heterocycles. The molecule has 1 heterocycles. The third-order valence-corrected chi connectivity index (χ3v) is 6.82. The van der Waals surface area contributed by atoms with Gasteiger partial charge in [-0.2, -0.15) is 0 Å². The minimum absolute atomic E-state index is 0.0590. The third-order valence-electron chi connectivity index (χ3n) is 6.82. The molecule has 1 atom stereocenters. The van der Waals surface area contributed by atoms with Crippen molar-refractivity contribution in [3.05, 3.63) is 107 Å². The van der Waals surface area contributed by atoms with Gasteiger partial charge in [0.15, 0.2) is 0 Å². The number of nitrogens with one attached hydrogen (secondary N) is 1. The Balaban J connectivity index is 1.41. The molecule has 0 spiro atoms. The van der Waals surface area contributed by atoms with Gasteiger partial charge < -0.3 is 15.0 Å². The summed E-state index contributed by atoms with van der Waals surface area (Å²) in [6, 6.07) is 23.7. The Hall–Kier alpha value is -3.61. The molecule has 0 aliphatic heterocycles. The lowest BCUT2D eigenvalue weighted by Gasteiger charge is -2.28. The van der Waals surface area contributed by atoms with Crippen LogP contribution in [0.2, 0.25) is 0 Å². The van der Waals surface area contributed by atoms with Crippen LogP contribution in [0.15, 0.2) is 79.0 Å². The van der Waals surface area contributed by atoms with Crippen molar-refractivity contribution in [3.8, 4) is 11.3 Å². The smallest absolute Gasteiger partial charge is 0.230 e. The Morgan fingerprint density at radius 1 is 1.00 bits per heavy atom. The molecule has 0 radical (unpaired) electrons. The highest BCUT2D eigenvalue weighted by Crippen LogP contribution is 2.42. The highest BCUT2D eigenvalue weighted by molar-refractivity contribution is 5.73. The second-order valence-corrected chi connectivity index (χ2v) is 9.13. The Morgan fingerprint density at radius 3 is 2.64 bits per heavy atom. The van der Waals surface area contributed by atoms with Crippen molar-refractivity contribution < 1.29 is 9.13 Å². The number of halogens is 1. The SMILES string of the molecule is COCCNCCc1cccc(N(C)c2ncc3c(n2)-c2ccccc2C(c2ccccc2F)C3)c1. The summed E-state index contributed by atoms with van der Waals surface area (Å²) in [7, 11) is 3.71. The number of methoxy groups -OCH3 is 1. The lowest BCUT2D eigenvalue weighted by Crippen LogP contribution is -2.22. The van der Waals surface area contributed by atoms with Gasteiger partial charge in [0.2, 0.25) is 5.95 Å². The maximum atomic E-state index is 14.7. The molecule has 5 rings (SSSR count). The van der Waals surface area contributed by atoms with E-state index in [0.29, 0.717) is 24.5 Å². The van der Waals surface area contributed by atoms with E-state index in [1.807, 2.05) is 42.4 Å². The van der Waals surface area contributed by atoms with Gasteiger partial charge in [-0.3, -0.25) is 0 Å². The van der Waals surface area contributed by atoms with E-state index < -0.39 is 0 Å². The summed E-state index contributed by atoms with van der Waals surface area (Å²) in [5.41, 5.74) is 7.11. The van der Waals surface area contributed by atoms with Crippen molar-refractivity contribution in [1.29, 1.82) is 0 Å². The summed E-state index contributed by atoms with van der Waals surface area (Å²) in [5.74, 6) is 0.409. The number of anilines is 2. The van der Waals surface area contributed by atoms with Crippen molar-refractivity contribution >= 4 is 11.6 Å². The molecule has 1 aliphatic rings. The van der Waals surface area contributed by atoms with Crippen LogP contribution in [-0.2, 0) is 17.6 Å². The van der Waals surface area contributed by atoms with Gasteiger partial charge in [0.05, 0.1) is 12.3 Å². The minimum Gasteiger partial charge on any atom is -0.383 e. The molecule has 3 aromatic carbocycles. The maximum Gasteiger partial charge on any atom is 0.230 e. The minimum atomic E-state index is -0.174. The molecule has 0 fully saturated rings. The zero-order valence-electron chi connectivity index (χ0n) is 20.7. The molecule has 1 unspecified atom stereocenters. The zero-order chi connectivity index (χ0) is 24.9. The quantitative estimate of drug-likeness (QED) is 0.319. The van der Waals surface area contributed by atoms with Crippen LogP contribution in [0.25, 0.3) is 11.3 Å². The molecule has 4 aromatic rings. The standard InChI is InChI=1S/C30H31FN4O/c1-35(23-9-7-8-21(18-23)14-15-32-16-17-36-2)30-33-20-22-19-27(25-11-5-6-13-28(25)31)24-10-3-4-12-26(24)29(22)34-30/h3-13,18,20,27,32H,14-17,19H2,1-2H3. The van der Waals surface area contributed by atoms with Crippen molar-refractivity contribution in [3.63, 3.8) is 0 Å². The zero-order valence-corrected chi connectivity index (χ0v) is 20.7. The summed E-state index contributed by atoms with van der Waals surface area (Å²) in [4.78, 5) is 11.7. The Bertz CT molecular complexity index is 1340. The first-order valence-electron chi connectivity index (χ1n) is 12.4. The van der Waals surface area contributed by atoms with Crippen LogP contribution in [0.3, 0.4) is 0 Å². The number of benzene rings is 3. The first-order valence-corrected chi connectivity index (χ1v) is 12.4. The average Bonchev–Trinajstić information content (AvgIpc) is 2.92. The number of aromatic nitrogens is 2. The van der Waals surface area contributed by atoms with Gasteiger partial charge in [-0.05, 0) is 59.8 Å². The van der Waals surface area contributed by atoms with Gasteiger partial charge in [-0.1, -0.05) is 54.6 Å². The molecule has 1 N–H and O–H groups in total. The monoisotopic (exact) mass is 482 g/mol. The summed E-state index contributed by atoms with van der Waals surface area (Å²) in [6.45, 7) is 2.45. The number of hydrogen-bond donors (Lipinski definition) is 1. The number of rotatable bonds is 9. The lowest BCUT2D eigenvalue weighted by atomic mass is 9.78. The Kier molecular flexibility index (Phi) is 7.35. The first-order chi connectivity index (χ1) is 17.7. The molecule has 0 amide bonds. The Morgan fingerprint density at radius 2 is 1.81 bits per heavy atom. The molecule has 0 bridgehead atoms. The molecule has 0 saturated carbocycles. The number of nitrogens with zero attached hydrogens (tertiary/aromatic N) is 3. The molecule has 1 aliphatic carbocycles. The summed E-state index contributed by atoms with van der Waals surface area (Å²) < 4.78 is 19.8. The van der Waals surface area contributed by atoms with Gasteiger partial charge in [-0.15, -0.1) is 0 Å². The summed E-state index contributed by atoms with van der Waals surface area (Å²) >= 11 is 0. The van der Waals surface area contributed by atoms with Crippen LogP contribution >= 0.6 is 0 Å².